The molecule has 2 aliphatic heterocycles. The van der Waals surface area contributed by atoms with Crippen molar-refractivity contribution < 1.29 is 27.9 Å². The van der Waals surface area contributed by atoms with Crippen molar-refractivity contribution >= 4 is 23.2 Å². The fourth-order valence-corrected chi connectivity index (χ4v) is 4.13. The lowest BCUT2D eigenvalue weighted by Gasteiger charge is -2.37. The van der Waals surface area contributed by atoms with Crippen LogP contribution >= 0.6 is 11.3 Å². The average molecular weight is 404 g/mol. The number of carbonyl (C=O) groups is 2. The largest absolute Gasteiger partial charge is 0.490 e. The molecule has 0 aromatic carbocycles. The fraction of sp³-hybridized carbons (Fsp3) is 0.556. The second-order valence-electron chi connectivity index (χ2n) is 6.78. The summed E-state index contributed by atoms with van der Waals surface area (Å²) in [6.45, 7) is 8.49. The number of likely N-dealkylation sites (tertiary alicyclic amines) is 2. The van der Waals surface area contributed by atoms with Gasteiger partial charge < -0.3 is 10.0 Å². The third kappa shape index (κ3) is 5.55. The van der Waals surface area contributed by atoms with E-state index in [1.807, 2.05) is 11.0 Å². The summed E-state index contributed by atoms with van der Waals surface area (Å²) in [4.78, 5) is 25.9. The normalized spacial score (nSPS) is 19.7. The van der Waals surface area contributed by atoms with Crippen LogP contribution in [0.5, 0.6) is 0 Å². The first-order valence-electron chi connectivity index (χ1n) is 8.62. The maximum Gasteiger partial charge on any atom is 0.490 e. The van der Waals surface area contributed by atoms with Crippen molar-refractivity contribution in [1.82, 2.24) is 9.80 Å². The molecule has 1 spiro atoms. The Kier molecular flexibility index (Phi) is 7.05. The number of aliphatic carboxylic acids is 1. The van der Waals surface area contributed by atoms with Crippen LogP contribution in [0.2, 0.25) is 0 Å². The molecule has 150 valence electrons. The predicted octanol–water partition coefficient (Wildman–Crippen LogP) is 3.38. The van der Waals surface area contributed by atoms with E-state index in [4.69, 9.17) is 9.90 Å². The molecule has 1 amide bonds. The lowest BCUT2D eigenvalue weighted by atomic mass is 9.77. The molecule has 0 bridgehead atoms. The smallest absolute Gasteiger partial charge is 0.475 e. The van der Waals surface area contributed by atoms with E-state index in [9.17, 15) is 18.0 Å². The first-order valence-corrected chi connectivity index (χ1v) is 9.56. The number of amides is 1. The molecular weight excluding hydrogens is 381 g/mol. The van der Waals surface area contributed by atoms with Crippen LogP contribution in [0.4, 0.5) is 13.2 Å². The molecule has 3 heterocycles. The Morgan fingerprint density at radius 1 is 1.30 bits per heavy atom. The van der Waals surface area contributed by atoms with Gasteiger partial charge in [-0.1, -0.05) is 6.08 Å². The zero-order valence-electron chi connectivity index (χ0n) is 14.9. The number of alkyl halides is 3. The average Bonchev–Trinajstić information content (AvgIpc) is 3.21. The first-order chi connectivity index (χ1) is 12.7. The van der Waals surface area contributed by atoms with Crippen LogP contribution in [0, 0.1) is 5.41 Å². The van der Waals surface area contributed by atoms with Crippen LogP contribution in [0.3, 0.4) is 0 Å². The fourth-order valence-electron chi connectivity index (χ4n) is 3.47. The predicted molar refractivity (Wildman–Crippen MR) is 96.3 cm³/mol. The lowest BCUT2D eigenvalue weighted by molar-refractivity contribution is -0.192. The molecule has 2 aliphatic rings. The Morgan fingerprint density at radius 3 is 2.37 bits per heavy atom. The second-order valence-corrected chi connectivity index (χ2v) is 7.56. The molecule has 3 rings (SSSR count). The number of nitrogens with zero attached hydrogens (tertiary/aromatic N) is 2. The molecule has 0 saturated carbocycles. The Morgan fingerprint density at radius 2 is 1.89 bits per heavy atom. The minimum Gasteiger partial charge on any atom is -0.475 e. The summed E-state index contributed by atoms with van der Waals surface area (Å²) in [6, 6.07) is 2.20. The van der Waals surface area contributed by atoms with Gasteiger partial charge in [0.05, 0.1) is 5.41 Å². The van der Waals surface area contributed by atoms with Gasteiger partial charge in [0.15, 0.2) is 0 Å². The molecule has 1 aromatic rings. The van der Waals surface area contributed by atoms with Crippen molar-refractivity contribution in [3.63, 3.8) is 0 Å². The highest BCUT2D eigenvalue weighted by atomic mass is 32.1. The lowest BCUT2D eigenvalue weighted by Crippen LogP contribution is -2.44. The van der Waals surface area contributed by atoms with Gasteiger partial charge in [0.1, 0.15) is 0 Å². The van der Waals surface area contributed by atoms with Gasteiger partial charge >= 0.3 is 12.1 Å². The number of hydrogen-bond acceptors (Lipinski definition) is 4. The highest BCUT2D eigenvalue weighted by Crippen LogP contribution is 2.41. The monoisotopic (exact) mass is 404 g/mol. The molecule has 5 nitrogen and oxygen atoms in total. The van der Waals surface area contributed by atoms with Gasteiger partial charge in [0.25, 0.3) is 0 Å². The van der Waals surface area contributed by atoms with Crippen molar-refractivity contribution in [1.29, 1.82) is 0 Å². The number of halogens is 3. The molecular formula is C18H23F3N2O3S. The molecule has 1 N–H and O–H groups in total. The van der Waals surface area contributed by atoms with Crippen molar-refractivity contribution in [3.8, 4) is 0 Å². The number of thiophene rings is 1. The number of rotatable bonds is 4. The molecule has 0 unspecified atom stereocenters. The van der Waals surface area contributed by atoms with E-state index in [0.29, 0.717) is 12.5 Å². The zero-order chi connectivity index (χ0) is 20.1. The van der Waals surface area contributed by atoms with E-state index in [2.05, 4.69) is 28.3 Å². The van der Waals surface area contributed by atoms with Crippen LogP contribution < -0.4 is 0 Å². The summed E-state index contributed by atoms with van der Waals surface area (Å²) >= 11 is 1.76. The molecule has 9 heteroatoms. The summed E-state index contributed by atoms with van der Waals surface area (Å²) in [5.41, 5.74) is 1.34. The van der Waals surface area contributed by atoms with E-state index in [-0.39, 0.29) is 5.41 Å². The van der Waals surface area contributed by atoms with Crippen molar-refractivity contribution in [3.05, 3.63) is 35.0 Å². The molecule has 27 heavy (non-hydrogen) atoms. The van der Waals surface area contributed by atoms with Gasteiger partial charge in [-0.15, -0.1) is 6.58 Å². The van der Waals surface area contributed by atoms with Gasteiger partial charge in [-0.05, 0) is 54.7 Å². The minimum atomic E-state index is -5.08. The summed E-state index contributed by atoms with van der Waals surface area (Å²) in [7, 11) is 0. The quantitative estimate of drug-likeness (QED) is 0.782. The van der Waals surface area contributed by atoms with Crippen LogP contribution in [0.15, 0.2) is 29.5 Å². The molecule has 0 atom stereocenters. The van der Waals surface area contributed by atoms with Gasteiger partial charge in [-0.3, -0.25) is 9.69 Å². The highest BCUT2D eigenvalue weighted by Gasteiger charge is 2.47. The van der Waals surface area contributed by atoms with E-state index < -0.39 is 12.1 Å². The van der Waals surface area contributed by atoms with Crippen LogP contribution in [0.1, 0.15) is 24.8 Å². The Balaban J connectivity index is 0.000000321. The maximum atomic E-state index is 12.6. The van der Waals surface area contributed by atoms with Gasteiger partial charge in [-0.25, -0.2) is 4.79 Å². The van der Waals surface area contributed by atoms with Crippen LogP contribution in [-0.2, 0) is 16.1 Å². The Labute approximate surface area is 160 Å². The molecule has 1 aromatic heterocycles. The highest BCUT2D eigenvalue weighted by molar-refractivity contribution is 7.07. The van der Waals surface area contributed by atoms with Crippen molar-refractivity contribution in [2.45, 2.75) is 32.0 Å². The molecule has 0 aliphatic carbocycles. The van der Waals surface area contributed by atoms with Crippen LogP contribution in [0.25, 0.3) is 0 Å². The number of carbonyl (C=O) groups excluding carboxylic acids is 1. The molecule has 2 saturated heterocycles. The van der Waals surface area contributed by atoms with Crippen LogP contribution in [-0.4, -0.2) is 59.1 Å². The molecule has 2 fully saturated rings. The second kappa shape index (κ2) is 8.88. The van der Waals surface area contributed by atoms with Gasteiger partial charge in [0, 0.05) is 19.6 Å². The van der Waals surface area contributed by atoms with E-state index in [1.54, 1.807) is 11.3 Å². The van der Waals surface area contributed by atoms with E-state index in [0.717, 1.165) is 45.4 Å². The van der Waals surface area contributed by atoms with E-state index >= 15 is 0 Å². The third-order valence-corrected chi connectivity index (χ3v) is 5.72. The minimum absolute atomic E-state index is 0.0614. The SMILES string of the molecule is C=CCN1CCC2(CCN(Cc3ccsc3)CC2)C1=O.O=C(O)C(F)(F)F. The standard InChI is InChI=1S/C16H22N2OS.C2HF3O2/c1-2-7-18-10-6-16(15(18)19)4-8-17(9-5-16)12-14-3-11-20-13-14;3-2(4,5)1(6)7/h2-3,11,13H,1,4-10,12H2;(H,6,7). The third-order valence-electron chi connectivity index (χ3n) is 4.99. The number of carboxylic acids is 1. The number of carboxylic acid groups (broad SMARTS) is 1. The summed E-state index contributed by atoms with van der Waals surface area (Å²) in [6.07, 6.45) is -0.179. The Bertz CT molecular complexity index is 653. The summed E-state index contributed by atoms with van der Waals surface area (Å²) < 4.78 is 31.7. The topological polar surface area (TPSA) is 60.9 Å². The maximum absolute atomic E-state index is 12.6. The van der Waals surface area contributed by atoms with E-state index in [1.165, 1.54) is 5.56 Å². The number of piperidine rings is 1. The van der Waals surface area contributed by atoms with Gasteiger partial charge in [-0.2, -0.15) is 24.5 Å². The zero-order valence-corrected chi connectivity index (χ0v) is 15.7. The van der Waals surface area contributed by atoms with Crippen molar-refractivity contribution in [2.24, 2.45) is 5.41 Å². The van der Waals surface area contributed by atoms with Crippen molar-refractivity contribution in [2.75, 3.05) is 26.2 Å². The van der Waals surface area contributed by atoms with Gasteiger partial charge in [0.2, 0.25) is 5.91 Å². The summed E-state index contributed by atoms with van der Waals surface area (Å²) in [5.74, 6) is -2.39. The summed E-state index contributed by atoms with van der Waals surface area (Å²) in [5, 5.41) is 11.5. The Hall–Kier alpha value is -1.87. The molecule has 0 radical (unpaired) electrons. The number of hydrogen-bond donors (Lipinski definition) is 1. The first kappa shape index (κ1) is 21.4.